The molecule has 0 radical (unpaired) electrons. The van der Waals surface area contributed by atoms with E-state index in [-0.39, 0.29) is 10.8 Å². The van der Waals surface area contributed by atoms with Gasteiger partial charge in [0.2, 0.25) is 10.0 Å². The predicted molar refractivity (Wildman–Crippen MR) is 90.7 cm³/mol. The van der Waals surface area contributed by atoms with Crippen molar-refractivity contribution in [3.05, 3.63) is 54.1 Å². The van der Waals surface area contributed by atoms with E-state index in [1.807, 2.05) is 18.2 Å². The molecule has 0 amide bonds. The monoisotopic (exact) mass is 387 g/mol. The van der Waals surface area contributed by atoms with E-state index in [0.29, 0.717) is 32.4 Å². The summed E-state index contributed by atoms with van der Waals surface area (Å²) in [5, 5.41) is 9.70. The summed E-state index contributed by atoms with van der Waals surface area (Å²) in [7, 11) is -3.80. The molecule has 8 heteroatoms. The minimum absolute atomic E-state index is 0.0759. The number of allylic oxidation sites excluding steroid dienone is 3. The van der Waals surface area contributed by atoms with Crippen LogP contribution >= 0.6 is 0 Å². The van der Waals surface area contributed by atoms with Crippen LogP contribution in [-0.4, -0.2) is 37.1 Å². The molecular formula is C18H20F3NO3S. The zero-order valence-electron chi connectivity index (χ0n) is 14.1. The standard InChI is InChI=1S/C18H20F3NO3S/c1-17(23,18(19,20)21)15-6-8-16(9-7-15)26(24,25)22-11-10-13-4-2-3-5-14(13)12-22/h2-9,13-14,23H,10-12H2,1H3. The van der Waals surface area contributed by atoms with Gasteiger partial charge in [-0.1, -0.05) is 36.4 Å². The van der Waals surface area contributed by atoms with Crippen LogP contribution in [0.1, 0.15) is 18.9 Å². The summed E-state index contributed by atoms with van der Waals surface area (Å²) in [4.78, 5) is -0.0759. The van der Waals surface area contributed by atoms with Gasteiger partial charge in [0.05, 0.1) is 4.90 Å². The summed E-state index contributed by atoms with van der Waals surface area (Å²) in [5.41, 5.74) is -3.43. The van der Waals surface area contributed by atoms with Crippen LogP contribution in [0.15, 0.2) is 53.5 Å². The molecule has 0 aromatic heterocycles. The van der Waals surface area contributed by atoms with E-state index in [2.05, 4.69) is 6.08 Å². The van der Waals surface area contributed by atoms with Crippen LogP contribution in [-0.2, 0) is 15.6 Å². The molecule has 1 aliphatic heterocycles. The molecule has 1 saturated heterocycles. The van der Waals surface area contributed by atoms with E-state index in [1.54, 1.807) is 0 Å². The number of piperidine rings is 1. The second-order valence-electron chi connectivity index (χ2n) is 6.84. The van der Waals surface area contributed by atoms with Crippen LogP contribution in [0.25, 0.3) is 0 Å². The molecular weight excluding hydrogens is 367 g/mol. The molecule has 1 heterocycles. The maximum atomic E-state index is 12.9. The van der Waals surface area contributed by atoms with Gasteiger partial charge in [-0.2, -0.15) is 17.5 Å². The van der Waals surface area contributed by atoms with Gasteiger partial charge in [0.25, 0.3) is 0 Å². The Morgan fingerprint density at radius 1 is 1.08 bits per heavy atom. The van der Waals surface area contributed by atoms with Crippen LogP contribution in [0, 0.1) is 11.8 Å². The van der Waals surface area contributed by atoms with Gasteiger partial charge in [0.15, 0.2) is 5.60 Å². The molecule has 0 saturated carbocycles. The first kappa shape index (κ1) is 19.1. The summed E-state index contributed by atoms with van der Waals surface area (Å²) in [6, 6.07) is 4.26. The lowest BCUT2D eigenvalue weighted by molar-refractivity contribution is -0.258. The van der Waals surface area contributed by atoms with Gasteiger partial charge < -0.3 is 5.11 Å². The molecule has 1 N–H and O–H groups in total. The smallest absolute Gasteiger partial charge is 0.376 e. The highest BCUT2D eigenvalue weighted by Gasteiger charge is 2.51. The Labute approximate surface area is 150 Å². The summed E-state index contributed by atoms with van der Waals surface area (Å²) in [6.45, 7) is 1.35. The third-order valence-corrected chi connectivity index (χ3v) is 6.99. The van der Waals surface area contributed by atoms with Gasteiger partial charge in [0.1, 0.15) is 0 Å². The fraction of sp³-hybridized carbons (Fsp3) is 0.444. The highest BCUT2D eigenvalue weighted by atomic mass is 32.2. The van der Waals surface area contributed by atoms with Crippen molar-refractivity contribution >= 4 is 10.0 Å². The Morgan fingerprint density at radius 3 is 2.23 bits per heavy atom. The third kappa shape index (κ3) is 3.33. The zero-order valence-corrected chi connectivity index (χ0v) is 15.0. The van der Waals surface area contributed by atoms with Crippen LogP contribution in [0.2, 0.25) is 0 Å². The second kappa shape index (κ2) is 6.51. The van der Waals surface area contributed by atoms with Crippen molar-refractivity contribution in [2.24, 2.45) is 11.8 Å². The fourth-order valence-electron chi connectivity index (χ4n) is 3.31. The number of hydrogen-bond donors (Lipinski definition) is 1. The van der Waals surface area contributed by atoms with Gasteiger partial charge in [-0.3, -0.25) is 0 Å². The molecule has 1 fully saturated rings. The lowest BCUT2D eigenvalue weighted by Crippen LogP contribution is -2.43. The summed E-state index contributed by atoms with van der Waals surface area (Å²) in [6.07, 6.45) is 3.75. The van der Waals surface area contributed by atoms with Gasteiger partial charge in [0, 0.05) is 13.1 Å². The molecule has 142 valence electrons. The van der Waals surface area contributed by atoms with Crippen molar-refractivity contribution in [3.8, 4) is 0 Å². The van der Waals surface area contributed by atoms with Crippen LogP contribution in [0.5, 0.6) is 0 Å². The van der Waals surface area contributed by atoms with Gasteiger partial charge >= 0.3 is 6.18 Å². The third-order valence-electron chi connectivity index (χ3n) is 5.11. The molecule has 1 aromatic carbocycles. The largest absolute Gasteiger partial charge is 0.421 e. The molecule has 2 aliphatic rings. The van der Waals surface area contributed by atoms with E-state index >= 15 is 0 Å². The first-order chi connectivity index (χ1) is 12.0. The van der Waals surface area contributed by atoms with E-state index in [0.717, 1.165) is 24.3 Å². The molecule has 26 heavy (non-hydrogen) atoms. The number of nitrogens with zero attached hydrogens (tertiary/aromatic N) is 1. The number of halogens is 3. The molecule has 3 rings (SSSR count). The summed E-state index contributed by atoms with van der Waals surface area (Å²) >= 11 is 0. The number of rotatable bonds is 3. The summed E-state index contributed by atoms with van der Waals surface area (Å²) < 4.78 is 65.7. The zero-order chi connectivity index (χ0) is 19.2. The SMILES string of the molecule is CC(O)(c1ccc(S(=O)(=O)N2CCC3C=CC=CC3C2)cc1)C(F)(F)F. The van der Waals surface area contributed by atoms with Crippen LogP contribution in [0.4, 0.5) is 13.2 Å². The Kier molecular flexibility index (Phi) is 4.79. The van der Waals surface area contributed by atoms with Crippen molar-refractivity contribution in [2.45, 2.75) is 30.0 Å². The first-order valence-electron chi connectivity index (χ1n) is 8.28. The number of aliphatic hydroxyl groups is 1. The highest BCUT2D eigenvalue weighted by molar-refractivity contribution is 7.89. The van der Waals surface area contributed by atoms with E-state index in [1.165, 1.54) is 4.31 Å². The summed E-state index contributed by atoms with van der Waals surface area (Å²) in [5.74, 6) is 0.421. The Balaban J connectivity index is 1.82. The van der Waals surface area contributed by atoms with Crippen LogP contribution < -0.4 is 0 Å². The van der Waals surface area contributed by atoms with Crippen molar-refractivity contribution < 1.29 is 26.7 Å². The van der Waals surface area contributed by atoms with E-state index < -0.39 is 27.4 Å². The number of alkyl halides is 3. The quantitative estimate of drug-likeness (QED) is 0.867. The average Bonchev–Trinajstić information content (AvgIpc) is 2.60. The predicted octanol–water partition coefficient (Wildman–Crippen LogP) is 3.21. The van der Waals surface area contributed by atoms with Crippen molar-refractivity contribution in [2.75, 3.05) is 13.1 Å². The highest BCUT2D eigenvalue weighted by Crippen LogP contribution is 2.39. The van der Waals surface area contributed by atoms with Gasteiger partial charge in [-0.05, 0) is 42.9 Å². The molecule has 1 aliphatic carbocycles. The number of sulfonamides is 1. The minimum atomic E-state index is -4.85. The van der Waals surface area contributed by atoms with Crippen molar-refractivity contribution in [1.82, 2.24) is 4.31 Å². The minimum Gasteiger partial charge on any atom is -0.376 e. The van der Waals surface area contributed by atoms with Gasteiger partial charge in [-0.15, -0.1) is 0 Å². The topological polar surface area (TPSA) is 57.6 Å². The van der Waals surface area contributed by atoms with Crippen molar-refractivity contribution in [1.29, 1.82) is 0 Å². The lowest BCUT2D eigenvalue weighted by atomic mass is 9.83. The Hall–Kier alpha value is -1.64. The van der Waals surface area contributed by atoms with E-state index in [4.69, 9.17) is 0 Å². The lowest BCUT2D eigenvalue weighted by Gasteiger charge is -2.36. The maximum absolute atomic E-state index is 12.9. The molecule has 1 aromatic rings. The maximum Gasteiger partial charge on any atom is 0.421 e. The molecule has 0 bridgehead atoms. The number of benzene rings is 1. The fourth-order valence-corrected chi connectivity index (χ4v) is 4.80. The number of fused-ring (bicyclic) bond motifs is 1. The molecule has 3 atom stereocenters. The van der Waals surface area contributed by atoms with E-state index in [9.17, 15) is 26.7 Å². The molecule has 0 spiro atoms. The Bertz CT molecular complexity index is 826. The van der Waals surface area contributed by atoms with Gasteiger partial charge in [-0.25, -0.2) is 8.42 Å². The Morgan fingerprint density at radius 2 is 1.65 bits per heavy atom. The normalized spacial score (nSPS) is 26.3. The molecule has 3 unspecified atom stereocenters. The van der Waals surface area contributed by atoms with Crippen LogP contribution in [0.3, 0.4) is 0 Å². The average molecular weight is 387 g/mol. The van der Waals surface area contributed by atoms with Crippen molar-refractivity contribution in [3.63, 3.8) is 0 Å². The first-order valence-corrected chi connectivity index (χ1v) is 9.72. The molecule has 4 nitrogen and oxygen atoms in total. The number of hydrogen-bond acceptors (Lipinski definition) is 3. The second-order valence-corrected chi connectivity index (χ2v) is 8.78.